The Morgan fingerprint density at radius 3 is 2.45 bits per heavy atom. The zero-order valence-electron chi connectivity index (χ0n) is 13.4. The number of hydrogen-bond acceptors (Lipinski definition) is 1. The molecule has 1 heterocycles. The second-order valence-electron chi connectivity index (χ2n) is 8.05. The van der Waals surface area contributed by atoms with Crippen LogP contribution < -0.4 is 0 Å². The summed E-state index contributed by atoms with van der Waals surface area (Å²) in [6.07, 6.45) is 8.22. The molecule has 0 N–H and O–H groups in total. The molecule has 1 aliphatic heterocycles. The lowest BCUT2D eigenvalue weighted by Crippen LogP contribution is -2.41. The van der Waals surface area contributed by atoms with E-state index in [1.54, 1.807) is 0 Å². The van der Waals surface area contributed by atoms with Crippen LogP contribution in [0.1, 0.15) is 65.7 Å². The van der Waals surface area contributed by atoms with Crippen molar-refractivity contribution in [3.8, 4) is 0 Å². The van der Waals surface area contributed by atoms with Crippen LogP contribution in [0.25, 0.3) is 0 Å². The summed E-state index contributed by atoms with van der Waals surface area (Å²) >= 11 is 3.71. The van der Waals surface area contributed by atoms with Gasteiger partial charge in [0.15, 0.2) is 0 Å². The SMILES string of the molecule is CC(C)(C)C1CCC(=O)N(CC2(CBr)CCCC2)CC1. The van der Waals surface area contributed by atoms with E-state index in [0.717, 1.165) is 31.3 Å². The summed E-state index contributed by atoms with van der Waals surface area (Å²) in [7, 11) is 0. The van der Waals surface area contributed by atoms with Gasteiger partial charge in [0, 0.05) is 24.8 Å². The van der Waals surface area contributed by atoms with Crippen molar-refractivity contribution < 1.29 is 4.79 Å². The van der Waals surface area contributed by atoms with E-state index in [4.69, 9.17) is 0 Å². The zero-order valence-corrected chi connectivity index (χ0v) is 15.0. The first kappa shape index (κ1) is 16.3. The fourth-order valence-electron chi connectivity index (χ4n) is 3.93. The van der Waals surface area contributed by atoms with Crippen LogP contribution in [-0.4, -0.2) is 29.2 Å². The van der Waals surface area contributed by atoms with E-state index in [0.29, 0.717) is 22.7 Å². The third kappa shape index (κ3) is 3.78. The summed E-state index contributed by atoms with van der Waals surface area (Å²) in [5, 5.41) is 1.05. The van der Waals surface area contributed by atoms with E-state index in [2.05, 4.69) is 41.6 Å². The van der Waals surface area contributed by atoms with Crippen molar-refractivity contribution in [2.24, 2.45) is 16.7 Å². The molecule has 0 spiro atoms. The Kier molecular flexibility index (Phi) is 5.20. The van der Waals surface area contributed by atoms with Crippen molar-refractivity contribution >= 4 is 21.8 Å². The maximum absolute atomic E-state index is 12.4. The van der Waals surface area contributed by atoms with Crippen molar-refractivity contribution in [2.75, 3.05) is 18.4 Å². The maximum Gasteiger partial charge on any atom is 0.222 e. The Bertz CT molecular complexity index is 341. The van der Waals surface area contributed by atoms with E-state index in [-0.39, 0.29) is 0 Å². The molecule has 0 aromatic heterocycles. The Balaban J connectivity index is 2.00. The minimum atomic E-state index is 0.330. The van der Waals surface area contributed by atoms with Gasteiger partial charge in [0.1, 0.15) is 0 Å². The van der Waals surface area contributed by atoms with Crippen molar-refractivity contribution in [1.29, 1.82) is 0 Å². The number of halogens is 1. The van der Waals surface area contributed by atoms with Crippen LogP contribution in [-0.2, 0) is 4.79 Å². The fraction of sp³-hybridized carbons (Fsp3) is 0.941. The second kappa shape index (κ2) is 6.37. The Labute approximate surface area is 132 Å². The molecule has 1 amide bonds. The van der Waals surface area contributed by atoms with Crippen LogP contribution in [0.4, 0.5) is 0 Å². The average Bonchev–Trinajstić information content (AvgIpc) is 2.76. The minimum Gasteiger partial charge on any atom is -0.342 e. The van der Waals surface area contributed by atoms with Crippen molar-refractivity contribution in [3.05, 3.63) is 0 Å². The first-order chi connectivity index (χ1) is 9.36. The Morgan fingerprint density at radius 1 is 1.25 bits per heavy atom. The second-order valence-corrected chi connectivity index (χ2v) is 8.61. The zero-order chi connectivity index (χ0) is 14.8. The van der Waals surface area contributed by atoms with Crippen LogP contribution in [0, 0.1) is 16.7 Å². The van der Waals surface area contributed by atoms with Crippen LogP contribution >= 0.6 is 15.9 Å². The highest BCUT2D eigenvalue weighted by atomic mass is 79.9. The van der Waals surface area contributed by atoms with Crippen molar-refractivity contribution in [1.82, 2.24) is 4.90 Å². The molecule has 1 unspecified atom stereocenters. The lowest BCUT2D eigenvalue weighted by molar-refractivity contribution is -0.132. The predicted molar refractivity (Wildman–Crippen MR) is 88.1 cm³/mol. The monoisotopic (exact) mass is 343 g/mol. The number of likely N-dealkylation sites (tertiary alicyclic amines) is 1. The van der Waals surface area contributed by atoms with Gasteiger partial charge in [-0.15, -0.1) is 0 Å². The number of alkyl halides is 1. The summed E-state index contributed by atoms with van der Waals surface area (Å²) in [6.45, 7) is 8.89. The molecule has 0 aromatic rings. The normalized spacial score (nSPS) is 27.7. The van der Waals surface area contributed by atoms with Gasteiger partial charge in [-0.25, -0.2) is 0 Å². The molecular formula is C17H30BrNO. The molecule has 3 heteroatoms. The lowest BCUT2D eigenvalue weighted by Gasteiger charge is -2.34. The molecule has 2 aliphatic rings. The fourth-order valence-corrected chi connectivity index (χ4v) is 4.67. The Morgan fingerprint density at radius 2 is 1.90 bits per heavy atom. The highest BCUT2D eigenvalue weighted by Gasteiger charge is 2.37. The van der Waals surface area contributed by atoms with Gasteiger partial charge < -0.3 is 4.90 Å². The molecule has 2 nitrogen and oxygen atoms in total. The van der Waals surface area contributed by atoms with Gasteiger partial charge in [-0.2, -0.15) is 0 Å². The maximum atomic E-state index is 12.4. The minimum absolute atomic E-state index is 0.330. The van der Waals surface area contributed by atoms with Crippen LogP contribution in [0.15, 0.2) is 0 Å². The summed E-state index contributed by atoms with van der Waals surface area (Å²) in [5.41, 5.74) is 0.688. The molecule has 1 saturated carbocycles. The molecule has 116 valence electrons. The van der Waals surface area contributed by atoms with Gasteiger partial charge >= 0.3 is 0 Å². The number of rotatable bonds is 3. The molecule has 0 bridgehead atoms. The molecule has 2 fully saturated rings. The van der Waals surface area contributed by atoms with Crippen LogP contribution in [0.2, 0.25) is 0 Å². The summed E-state index contributed by atoms with van der Waals surface area (Å²) in [4.78, 5) is 14.6. The number of hydrogen-bond donors (Lipinski definition) is 0. The summed E-state index contributed by atoms with van der Waals surface area (Å²) < 4.78 is 0. The van der Waals surface area contributed by atoms with Crippen LogP contribution in [0.5, 0.6) is 0 Å². The predicted octanol–water partition coefficient (Wildman–Crippen LogP) is 4.62. The van der Waals surface area contributed by atoms with E-state index >= 15 is 0 Å². The standard InChI is InChI=1S/C17H30BrNO/c1-16(2,3)14-6-7-15(20)19(11-8-14)13-17(12-18)9-4-5-10-17/h14H,4-13H2,1-3H3. The Hall–Kier alpha value is -0.0500. The van der Waals surface area contributed by atoms with Crippen molar-refractivity contribution in [2.45, 2.75) is 65.7 Å². The molecule has 1 saturated heterocycles. The largest absolute Gasteiger partial charge is 0.342 e. The molecule has 0 aromatic carbocycles. The van der Waals surface area contributed by atoms with Gasteiger partial charge in [0.05, 0.1) is 0 Å². The van der Waals surface area contributed by atoms with E-state index in [1.165, 1.54) is 32.1 Å². The molecular weight excluding hydrogens is 314 g/mol. The van der Waals surface area contributed by atoms with Gasteiger partial charge in [-0.3, -0.25) is 4.79 Å². The summed E-state index contributed by atoms with van der Waals surface area (Å²) in [5.74, 6) is 1.07. The first-order valence-corrected chi connectivity index (χ1v) is 9.32. The highest BCUT2D eigenvalue weighted by Crippen LogP contribution is 2.41. The van der Waals surface area contributed by atoms with Gasteiger partial charge in [0.25, 0.3) is 0 Å². The average molecular weight is 344 g/mol. The third-order valence-corrected chi connectivity index (χ3v) is 6.70. The molecule has 0 radical (unpaired) electrons. The number of carbonyl (C=O) groups is 1. The van der Waals surface area contributed by atoms with E-state index < -0.39 is 0 Å². The first-order valence-electron chi connectivity index (χ1n) is 8.20. The smallest absolute Gasteiger partial charge is 0.222 e. The quantitative estimate of drug-likeness (QED) is 0.684. The van der Waals surface area contributed by atoms with Crippen LogP contribution in [0.3, 0.4) is 0 Å². The summed E-state index contributed by atoms with van der Waals surface area (Å²) in [6, 6.07) is 0. The topological polar surface area (TPSA) is 20.3 Å². The molecule has 1 aliphatic carbocycles. The number of carbonyl (C=O) groups excluding carboxylic acids is 1. The molecule has 2 rings (SSSR count). The highest BCUT2D eigenvalue weighted by molar-refractivity contribution is 9.09. The third-order valence-electron chi connectivity index (χ3n) is 5.51. The van der Waals surface area contributed by atoms with E-state index in [1.807, 2.05) is 0 Å². The van der Waals surface area contributed by atoms with Crippen molar-refractivity contribution in [3.63, 3.8) is 0 Å². The van der Waals surface area contributed by atoms with Gasteiger partial charge in [-0.05, 0) is 42.4 Å². The number of nitrogens with zero attached hydrogens (tertiary/aromatic N) is 1. The van der Waals surface area contributed by atoms with Gasteiger partial charge in [-0.1, -0.05) is 49.5 Å². The number of amides is 1. The molecule has 20 heavy (non-hydrogen) atoms. The molecule has 1 atom stereocenters. The van der Waals surface area contributed by atoms with E-state index in [9.17, 15) is 4.79 Å². The lowest BCUT2D eigenvalue weighted by atomic mass is 9.76. The van der Waals surface area contributed by atoms with Gasteiger partial charge in [0.2, 0.25) is 5.91 Å².